The van der Waals surface area contributed by atoms with Crippen molar-refractivity contribution in [2.45, 2.75) is 52.5 Å². The van der Waals surface area contributed by atoms with Crippen molar-refractivity contribution >= 4 is 22.8 Å². The van der Waals surface area contributed by atoms with Crippen molar-refractivity contribution in [2.24, 2.45) is 5.92 Å². The maximum Gasteiger partial charge on any atom is 0.160 e. The summed E-state index contributed by atoms with van der Waals surface area (Å²) in [6.07, 6.45) is 4.18. The molecule has 19 heavy (non-hydrogen) atoms. The van der Waals surface area contributed by atoms with E-state index in [2.05, 4.69) is 42.2 Å². The number of aryl methyl sites for hydroxylation is 1. The van der Waals surface area contributed by atoms with Gasteiger partial charge in [-0.05, 0) is 44.2 Å². The van der Waals surface area contributed by atoms with Crippen LogP contribution in [0.2, 0.25) is 0 Å². The van der Waals surface area contributed by atoms with Crippen LogP contribution in [0.4, 0.5) is 0 Å². The van der Waals surface area contributed by atoms with Crippen LogP contribution >= 0.6 is 11.6 Å². The van der Waals surface area contributed by atoms with Crippen LogP contribution in [0, 0.1) is 12.8 Å². The maximum absolute atomic E-state index is 6.05. The lowest BCUT2D eigenvalue weighted by Crippen LogP contribution is -2.10. The van der Waals surface area contributed by atoms with E-state index < -0.39 is 0 Å². The third-order valence-corrected chi connectivity index (χ3v) is 3.81. The summed E-state index contributed by atoms with van der Waals surface area (Å²) >= 11 is 6.05. The van der Waals surface area contributed by atoms with Gasteiger partial charge in [-0.1, -0.05) is 13.8 Å². The van der Waals surface area contributed by atoms with Crippen LogP contribution in [0.25, 0.3) is 11.2 Å². The highest BCUT2D eigenvalue weighted by atomic mass is 35.5. The number of pyridine rings is 1. The molecule has 1 atom stereocenters. The molecule has 0 fully saturated rings. The monoisotopic (exact) mass is 279 g/mol. The van der Waals surface area contributed by atoms with Crippen LogP contribution in [0.5, 0.6) is 0 Å². The number of fused-ring (bicyclic) bond motifs is 1. The molecule has 0 radical (unpaired) electrons. The van der Waals surface area contributed by atoms with Gasteiger partial charge >= 0.3 is 0 Å². The molecular weight excluding hydrogens is 258 g/mol. The standard InChI is InChI=1S/C15H22ClN3/c1-10(2)5-6-12(4)19-13(9-16)18-14-11(3)7-8-17-15(14)19/h7-8,10,12H,5-6,9H2,1-4H3. The van der Waals surface area contributed by atoms with Crippen LogP contribution in [-0.2, 0) is 5.88 Å². The van der Waals surface area contributed by atoms with E-state index in [9.17, 15) is 0 Å². The number of hydrogen-bond donors (Lipinski definition) is 0. The molecule has 0 spiro atoms. The van der Waals surface area contributed by atoms with E-state index in [1.54, 1.807) is 0 Å². The van der Waals surface area contributed by atoms with E-state index in [1.165, 1.54) is 6.42 Å². The highest BCUT2D eigenvalue weighted by molar-refractivity contribution is 6.16. The largest absolute Gasteiger partial charge is 0.309 e. The lowest BCUT2D eigenvalue weighted by atomic mass is 10.0. The lowest BCUT2D eigenvalue weighted by molar-refractivity contribution is 0.438. The van der Waals surface area contributed by atoms with E-state index in [0.717, 1.165) is 29.0 Å². The van der Waals surface area contributed by atoms with Gasteiger partial charge in [0.05, 0.1) is 5.88 Å². The average Bonchev–Trinajstić information content (AvgIpc) is 2.76. The summed E-state index contributed by atoms with van der Waals surface area (Å²) in [6.45, 7) is 8.80. The van der Waals surface area contributed by atoms with E-state index >= 15 is 0 Å². The summed E-state index contributed by atoms with van der Waals surface area (Å²) in [6, 6.07) is 2.38. The number of imidazole rings is 1. The number of rotatable bonds is 5. The molecular formula is C15H22ClN3. The van der Waals surface area contributed by atoms with Gasteiger partial charge in [0, 0.05) is 12.2 Å². The molecule has 3 nitrogen and oxygen atoms in total. The molecule has 0 saturated carbocycles. The predicted molar refractivity (Wildman–Crippen MR) is 80.6 cm³/mol. The second kappa shape index (κ2) is 5.91. The number of aromatic nitrogens is 3. The number of hydrogen-bond acceptors (Lipinski definition) is 2. The molecule has 2 rings (SSSR count). The molecule has 0 aliphatic heterocycles. The molecule has 2 aromatic heterocycles. The number of halogens is 1. The molecule has 0 saturated heterocycles. The third kappa shape index (κ3) is 2.92. The van der Waals surface area contributed by atoms with Crippen molar-refractivity contribution in [3.05, 3.63) is 23.7 Å². The zero-order valence-electron chi connectivity index (χ0n) is 12.2. The predicted octanol–water partition coefficient (Wildman–Crippen LogP) is 4.48. The Bertz CT molecular complexity index is 560. The molecule has 2 aromatic rings. The van der Waals surface area contributed by atoms with Crippen molar-refractivity contribution in [1.29, 1.82) is 0 Å². The maximum atomic E-state index is 6.05. The van der Waals surface area contributed by atoms with Crippen molar-refractivity contribution < 1.29 is 0 Å². The Morgan fingerprint density at radius 3 is 2.63 bits per heavy atom. The fraction of sp³-hybridized carbons (Fsp3) is 0.600. The SMILES string of the molecule is Cc1ccnc2c1nc(CCl)n2C(C)CCC(C)C. The summed E-state index contributed by atoms with van der Waals surface area (Å²) in [5, 5.41) is 0. The lowest BCUT2D eigenvalue weighted by Gasteiger charge is -2.17. The van der Waals surface area contributed by atoms with Crippen molar-refractivity contribution in [3.8, 4) is 0 Å². The van der Waals surface area contributed by atoms with Gasteiger partial charge in [-0.3, -0.25) is 0 Å². The molecule has 4 heteroatoms. The average molecular weight is 280 g/mol. The van der Waals surface area contributed by atoms with E-state index in [0.29, 0.717) is 17.8 Å². The fourth-order valence-corrected chi connectivity index (χ4v) is 2.61. The zero-order valence-corrected chi connectivity index (χ0v) is 12.9. The van der Waals surface area contributed by atoms with Crippen molar-refractivity contribution in [3.63, 3.8) is 0 Å². The first kappa shape index (κ1) is 14.3. The van der Waals surface area contributed by atoms with Gasteiger partial charge in [0.2, 0.25) is 0 Å². The second-order valence-corrected chi connectivity index (χ2v) is 5.92. The van der Waals surface area contributed by atoms with Crippen LogP contribution in [-0.4, -0.2) is 14.5 Å². The van der Waals surface area contributed by atoms with Gasteiger partial charge < -0.3 is 4.57 Å². The molecule has 0 N–H and O–H groups in total. The summed E-state index contributed by atoms with van der Waals surface area (Å²) in [4.78, 5) is 9.15. The highest BCUT2D eigenvalue weighted by Crippen LogP contribution is 2.26. The van der Waals surface area contributed by atoms with Crippen molar-refractivity contribution in [2.75, 3.05) is 0 Å². The summed E-state index contributed by atoms with van der Waals surface area (Å²) in [5.74, 6) is 2.07. The van der Waals surface area contributed by atoms with Crippen LogP contribution < -0.4 is 0 Å². The highest BCUT2D eigenvalue weighted by Gasteiger charge is 2.17. The number of alkyl halides is 1. The Labute approximate surface area is 120 Å². The smallest absolute Gasteiger partial charge is 0.160 e. The molecule has 0 aliphatic carbocycles. The number of nitrogens with zero attached hydrogens (tertiary/aromatic N) is 3. The van der Waals surface area contributed by atoms with Gasteiger partial charge in [0.1, 0.15) is 11.3 Å². The normalized spacial score (nSPS) is 13.4. The Hall–Kier alpha value is -1.09. The van der Waals surface area contributed by atoms with Crippen LogP contribution in [0.3, 0.4) is 0 Å². The summed E-state index contributed by atoms with van der Waals surface area (Å²) in [5.41, 5.74) is 3.10. The van der Waals surface area contributed by atoms with Gasteiger partial charge in [-0.15, -0.1) is 11.6 Å². The van der Waals surface area contributed by atoms with E-state index in [4.69, 9.17) is 11.6 Å². The minimum atomic E-state index is 0.385. The Kier molecular flexibility index (Phi) is 4.46. The molecule has 0 bridgehead atoms. The molecule has 2 heterocycles. The molecule has 0 aromatic carbocycles. The fourth-order valence-electron chi connectivity index (χ4n) is 2.42. The molecule has 104 valence electrons. The zero-order chi connectivity index (χ0) is 14.0. The summed E-state index contributed by atoms with van der Waals surface area (Å²) in [7, 11) is 0. The topological polar surface area (TPSA) is 30.7 Å². The Balaban J connectivity index is 2.42. The summed E-state index contributed by atoms with van der Waals surface area (Å²) < 4.78 is 2.21. The van der Waals surface area contributed by atoms with Gasteiger partial charge in [-0.2, -0.15) is 0 Å². The molecule has 0 amide bonds. The quantitative estimate of drug-likeness (QED) is 0.756. The first-order valence-electron chi connectivity index (χ1n) is 6.93. The van der Waals surface area contributed by atoms with Gasteiger partial charge in [-0.25, -0.2) is 9.97 Å². The first-order chi connectivity index (χ1) is 9.04. The van der Waals surface area contributed by atoms with Crippen molar-refractivity contribution in [1.82, 2.24) is 14.5 Å². The van der Waals surface area contributed by atoms with Gasteiger partial charge in [0.25, 0.3) is 0 Å². The van der Waals surface area contributed by atoms with Gasteiger partial charge in [0.15, 0.2) is 5.65 Å². The Morgan fingerprint density at radius 1 is 1.26 bits per heavy atom. The molecule has 1 unspecified atom stereocenters. The van der Waals surface area contributed by atoms with Crippen LogP contribution in [0.1, 0.15) is 51.0 Å². The van der Waals surface area contributed by atoms with E-state index in [1.807, 2.05) is 12.3 Å². The third-order valence-electron chi connectivity index (χ3n) is 3.58. The first-order valence-corrected chi connectivity index (χ1v) is 7.46. The second-order valence-electron chi connectivity index (χ2n) is 5.65. The minimum Gasteiger partial charge on any atom is -0.309 e. The minimum absolute atomic E-state index is 0.385. The van der Waals surface area contributed by atoms with Crippen LogP contribution in [0.15, 0.2) is 12.3 Å². The molecule has 0 aliphatic rings. The van der Waals surface area contributed by atoms with E-state index in [-0.39, 0.29) is 0 Å². The Morgan fingerprint density at radius 2 is 2.00 bits per heavy atom.